The van der Waals surface area contributed by atoms with Gasteiger partial charge in [0, 0.05) is 17.6 Å². The average molecular weight is 279 g/mol. The normalized spacial score (nSPS) is 10.8. The van der Waals surface area contributed by atoms with Gasteiger partial charge in [-0.15, -0.1) is 0 Å². The van der Waals surface area contributed by atoms with E-state index in [1.807, 2.05) is 62.4 Å². The number of amides is 1. The predicted octanol–water partition coefficient (Wildman–Crippen LogP) is 4.41. The molecule has 3 heteroatoms. The summed E-state index contributed by atoms with van der Waals surface area (Å²) in [6.07, 6.45) is 0. The summed E-state index contributed by atoms with van der Waals surface area (Å²) >= 11 is 0. The van der Waals surface area contributed by atoms with Crippen molar-refractivity contribution in [3.63, 3.8) is 0 Å². The first-order valence-corrected chi connectivity index (χ1v) is 7.06. The van der Waals surface area contributed by atoms with E-state index in [2.05, 4.69) is 0 Å². The number of rotatable bonds is 3. The minimum atomic E-state index is -0.108. The van der Waals surface area contributed by atoms with Gasteiger partial charge in [0.1, 0.15) is 5.58 Å². The molecule has 0 saturated heterocycles. The number of fused-ring (bicyclic) bond motifs is 1. The highest BCUT2D eigenvalue weighted by molar-refractivity contribution is 6.06. The summed E-state index contributed by atoms with van der Waals surface area (Å²) in [5, 5.41) is 0.946. The summed E-state index contributed by atoms with van der Waals surface area (Å²) in [5.74, 6) is 0.268. The monoisotopic (exact) mass is 279 g/mol. The van der Waals surface area contributed by atoms with Crippen LogP contribution in [0, 0.1) is 6.92 Å². The smallest absolute Gasteiger partial charge is 0.294 e. The second-order valence-corrected chi connectivity index (χ2v) is 4.98. The van der Waals surface area contributed by atoms with Crippen molar-refractivity contribution in [1.82, 2.24) is 0 Å². The molecule has 1 amide bonds. The average Bonchev–Trinajstić information content (AvgIpc) is 2.93. The van der Waals surface area contributed by atoms with Crippen molar-refractivity contribution in [2.45, 2.75) is 13.8 Å². The van der Waals surface area contributed by atoms with E-state index in [1.54, 1.807) is 11.0 Å². The van der Waals surface area contributed by atoms with E-state index < -0.39 is 0 Å². The van der Waals surface area contributed by atoms with Gasteiger partial charge in [-0.25, -0.2) is 0 Å². The number of carbonyl (C=O) groups is 1. The van der Waals surface area contributed by atoms with E-state index in [-0.39, 0.29) is 5.91 Å². The zero-order valence-corrected chi connectivity index (χ0v) is 12.2. The Bertz CT molecular complexity index is 756. The Morgan fingerprint density at radius 2 is 1.81 bits per heavy atom. The molecule has 2 aromatic carbocycles. The highest BCUT2D eigenvalue weighted by Gasteiger charge is 2.21. The minimum absolute atomic E-state index is 0.108. The zero-order chi connectivity index (χ0) is 14.8. The lowest BCUT2D eigenvalue weighted by atomic mass is 10.1. The van der Waals surface area contributed by atoms with Crippen molar-refractivity contribution < 1.29 is 9.21 Å². The van der Waals surface area contributed by atoms with Gasteiger partial charge in [0.2, 0.25) is 0 Å². The Hall–Kier alpha value is -2.55. The van der Waals surface area contributed by atoms with Crippen molar-refractivity contribution in [3.8, 4) is 0 Å². The van der Waals surface area contributed by atoms with Crippen LogP contribution < -0.4 is 4.90 Å². The van der Waals surface area contributed by atoms with Gasteiger partial charge in [-0.1, -0.05) is 36.4 Å². The molecule has 0 atom stereocenters. The van der Waals surface area contributed by atoms with E-state index in [4.69, 9.17) is 4.42 Å². The number of hydrogen-bond acceptors (Lipinski definition) is 2. The number of anilines is 1. The Morgan fingerprint density at radius 1 is 1.10 bits per heavy atom. The molecule has 0 bridgehead atoms. The number of aryl methyl sites for hydroxylation is 1. The number of para-hydroxylation sites is 2. The summed E-state index contributed by atoms with van der Waals surface area (Å²) in [6.45, 7) is 4.57. The lowest BCUT2D eigenvalue weighted by molar-refractivity contribution is 0.0963. The third-order valence-electron chi connectivity index (χ3n) is 3.60. The van der Waals surface area contributed by atoms with Gasteiger partial charge in [-0.2, -0.15) is 0 Å². The molecule has 1 aromatic heterocycles. The Balaban J connectivity index is 2.01. The molecule has 1 heterocycles. The van der Waals surface area contributed by atoms with Crippen LogP contribution in [0.1, 0.15) is 23.0 Å². The van der Waals surface area contributed by atoms with Crippen LogP contribution in [-0.4, -0.2) is 12.5 Å². The fraction of sp³-hybridized carbons (Fsp3) is 0.167. The second kappa shape index (κ2) is 5.44. The molecule has 3 aromatic rings. The van der Waals surface area contributed by atoms with E-state index >= 15 is 0 Å². The van der Waals surface area contributed by atoms with Crippen LogP contribution in [0.2, 0.25) is 0 Å². The highest BCUT2D eigenvalue weighted by Crippen LogP contribution is 2.24. The molecule has 0 spiro atoms. The molecular formula is C18H17NO2. The van der Waals surface area contributed by atoms with Crippen LogP contribution in [0.5, 0.6) is 0 Å². The summed E-state index contributed by atoms with van der Waals surface area (Å²) in [6, 6.07) is 17.3. The maximum absolute atomic E-state index is 12.7. The summed E-state index contributed by atoms with van der Waals surface area (Å²) in [7, 11) is 0. The molecule has 3 rings (SSSR count). The van der Waals surface area contributed by atoms with Gasteiger partial charge in [-0.05, 0) is 37.6 Å². The Labute approximate surface area is 123 Å². The molecule has 0 aliphatic carbocycles. The molecule has 0 unspecified atom stereocenters. The molecule has 0 radical (unpaired) electrons. The number of carbonyl (C=O) groups excluding carboxylic acids is 1. The molecule has 3 nitrogen and oxygen atoms in total. The fourth-order valence-electron chi connectivity index (χ4n) is 2.51. The van der Waals surface area contributed by atoms with Crippen LogP contribution in [0.15, 0.2) is 59.0 Å². The first kappa shape index (κ1) is 13.4. The maximum atomic E-state index is 12.7. The van der Waals surface area contributed by atoms with E-state index in [0.29, 0.717) is 12.3 Å². The quantitative estimate of drug-likeness (QED) is 0.711. The Morgan fingerprint density at radius 3 is 2.52 bits per heavy atom. The van der Waals surface area contributed by atoms with Crippen molar-refractivity contribution in [1.29, 1.82) is 0 Å². The van der Waals surface area contributed by atoms with Crippen LogP contribution in [0.3, 0.4) is 0 Å². The minimum Gasteiger partial charge on any atom is -0.451 e. The molecule has 0 saturated carbocycles. The second-order valence-electron chi connectivity index (χ2n) is 4.98. The summed E-state index contributed by atoms with van der Waals surface area (Å²) in [4.78, 5) is 14.5. The standard InChI is InChI=1S/C18H17NO2/c1-3-19(15-10-6-4-8-13(15)2)18(20)17-12-14-9-5-7-11-16(14)21-17/h4-12H,3H2,1-2H3. The number of benzene rings is 2. The zero-order valence-electron chi connectivity index (χ0n) is 12.2. The van der Waals surface area contributed by atoms with Crippen LogP contribution in [-0.2, 0) is 0 Å². The van der Waals surface area contributed by atoms with Gasteiger partial charge >= 0.3 is 0 Å². The van der Waals surface area contributed by atoms with Gasteiger partial charge in [-0.3, -0.25) is 4.79 Å². The van der Waals surface area contributed by atoms with E-state index in [1.165, 1.54) is 0 Å². The predicted molar refractivity (Wildman–Crippen MR) is 84.7 cm³/mol. The molecule has 106 valence electrons. The highest BCUT2D eigenvalue weighted by atomic mass is 16.3. The van der Waals surface area contributed by atoms with Gasteiger partial charge < -0.3 is 9.32 Å². The van der Waals surface area contributed by atoms with Crippen LogP contribution in [0.4, 0.5) is 5.69 Å². The molecule has 0 fully saturated rings. The molecular weight excluding hydrogens is 262 g/mol. The van der Waals surface area contributed by atoms with Crippen molar-refractivity contribution in [2.24, 2.45) is 0 Å². The first-order valence-electron chi connectivity index (χ1n) is 7.06. The maximum Gasteiger partial charge on any atom is 0.294 e. The van der Waals surface area contributed by atoms with Gasteiger partial charge in [0.05, 0.1) is 0 Å². The van der Waals surface area contributed by atoms with Crippen LogP contribution in [0.25, 0.3) is 11.0 Å². The summed E-state index contributed by atoms with van der Waals surface area (Å²) < 4.78 is 5.68. The first-order chi connectivity index (χ1) is 10.2. The van der Waals surface area contributed by atoms with Gasteiger partial charge in [0.15, 0.2) is 5.76 Å². The number of hydrogen-bond donors (Lipinski definition) is 0. The van der Waals surface area contributed by atoms with Crippen molar-refractivity contribution in [2.75, 3.05) is 11.4 Å². The van der Waals surface area contributed by atoms with Crippen LogP contribution >= 0.6 is 0 Å². The van der Waals surface area contributed by atoms with Crippen molar-refractivity contribution >= 4 is 22.6 Å². The lowest BCUT2D eigenvalue weighted by Gasteiger charge is -2.21. The topological polar surface area (TPSA) is 33.5 Å². The van der Waals surface area contributed by atoms with Gasteiger partial charge in [0.25, 0.3) is 5.91 Å². The van der Waals surface area contributed by atoms with E-state index in [9.17, 15) is 4.79 Å². The largest absolute Gasteiger partial charge is 0.451 e. The number of furan rings is 1. The lowest BCUT2D eigenvalue weighted by Crippen LogP contribution is -2.30. The molecule has 0 aliphatic heterocycles. The molecule has 0 aliphatic rings. The molecule has 21 heavy (non-hydrogen) atoms. The number of nitrogens with zero attached hydrogens (tertiary/aromatic N) is 1. The fourth-order valence-corrected chi connectivity index (χ4v) is 2.51. The third-order valence-corrected chi connectivity index (χ3v) is 3.60. The molecule has 0 N–H and O–H groups in total. The SMILES string of the molecule is CCN(C(=O)c1cc2ccccc2o1)c1ccccc1C. The Kier molecular flexibility index (Phi) is 3.48. The summed E-state index contributed by atoms with van der Waals surface area (Å²) in [5.41, 5.74) is 2.73. The third kappa shape index (κ3) is 2.42. The van der Waals surface area contributed by atoms with Crippen molar-refractivity contribution in [3.05, 3.63) is 65.9 Å². The van der Waals surface area contributed by atoms with E-state index in [0.717, 1.165) is 22.2 Å².